The average molecular weight is 214 g/mol. The summed E-state index contributed by atoms with van der Waals surface area (Å²) in [6.07, 6.45) is 5.44. The van der Waals surface area contributed by atoms with Gasteiger partial charge in [0.2, 0.25) is 0 Å². The number of aliphatic hydroxyl groups is 1. The van der Waals surface area contributed by atoms with Gasteiger partial charge in [0.05, 0.1) is 6.10 Å². The highest BCUT2D eigenvalue weighted by molar-refractivity contribution is 6.29. The van der Waals surface area contributed by atoms with E-state index in [1.165, 1.54) is 6.42 Å². The summed E-state index contributed by atoms with van der Waals surface area (Å²) in [7, 11) is 0. The van der Waals surface area contributed by atoms with Crippen LogP contribution in [-0.2, 0) is 0 Å². The van der Waals surface area contributed by atoms with Crippen LogP contribution in [0.25, 0.3) is 0 Å². The van der Waals surface area contributed by atoms with Gasteiger partial charge in [0.15, 0.2) is 0 Å². The molecule has 1 heterocycles. The Kier molecular flexibility index (Phi) is 4.91. The summed E-state index contributed by atoms with van der Waals surface area (Å²) in [5, 5.41) is 10.2. The molecule has 0 aliphatic rings. The van der Waals surface area contributed by atoms with Crippen LogP contribution in [-0.4, -0.2) is 10.1 Å². The van der Waals surface area contributed by atoms with Crippen molar-refractivity contribution in [3.8, 4) is 0 Å². The van der Waals surface area contributed by atoms with Gasteiger partial charge in [-0.1, -0.05) is 43.9 Å². The molecule has 0 bridgehead atoms. The number of pyridine rings is 1. The first-order valence-electron chi connectivity index (χ1n) is 5.03. The lowest BCUT2D eigenvalue weighted by Crippen LogP contribution is -1.97. The van der Waals surface area contributed by atoms with Gasteiger partial charge >= 0.3 is 0 Å². The van der Waals surface area contributed by atoms with E-state index in [2.05, 4.69) is 11.9 Å². The molecule has 0 aliphatic carbocycles. The van der Waals surface area contributed by atoms with E-state index in [4.69, 9.17) is 11.6 Å². The number of unbranched alkanes of at least 4 members (excludes halogenated alkanes) is 2. The van der Waals surface area contributed by atoms with Crippen LogP contribution in [0.3, 0.4) is 0 Å². The number of hydrogen-bond donors (Lipinski definition) is 1. The fraction of sp³-hybridized carbons (Fsp3) is 0.545. The van der Waals surface area contributed by atoms with Crippen LogP contribution >= 0.6 is 11.6 Å². The molecule has 0 aromatic carbocycles. The molecule has 1 rings (SSSR count). The molecule has 0 amide bonds. The zero-order chi connectivity index (χ0) is 10.4. The highest BCUT2D eigenvalue weighted by atomic mass is 35.5. The second-order valence-electron chi connectivity index (χ2n) is 3.43. The van der Waals surface area contributed by atoms with Crippen molar-refractivity contribution in [1.29, 1.82) is 0 Å². The monoisotopic (exact) mass is 213 g/mol. The highest BCUT2D eigenvalue weighted by Gasteiger charge is 2.06. The lowest BCUT2D eigenvalue weighted by atomic mass is 10.1. The van der Waals surface area contributed by atoms with Crippen molar-refractivity contribution in [3.05, 3.63) is 29.0 Å². The van der Waals surface area contributed by atoms with Crippen LogP contribution < -0.4 is 0 Å². The molecule has 0 fully saturated rings. The van der Waals surface area contributed by atoms with Gasteiger partial charge in [-0.2, -0.15) is 0 Å². The van der Waals surface area contributed by atoms with Gasteiger partial charge in [-0.05, 0) is 18.1 Å². The average Bonchev–Trinajstić information content (AvgIpc) is 2.19. The van der Waals surface area contributed by atoms with Gasteiger partial charge in [-0.25, -0.2) is 4.98 Å². The molecule has 0 aliphatic heterocycles. The van der Waals surface area contributed by atoms with Crippen molar-refractivity contribution >= 4 is 11.6 Å². The molecule has 1 unspecified atom stereocenters. The van der Waals surface area contributed by atoms with E-state index in [1.54, 1.807) is 12.3 Å². The third-order valence-electron chi connectivity index (χ3n) is 2.22. The Morgan fingerprint density at radius 2 is 2.21 bits per heavy atom. The molecule has 0 spiro atoms. The zero-order valence-corrected chi connectivity index (χ0v) is 9.17. The molecular formula is C11H16ClNO. The molecule has 3 heteroatoms. The minimum absolute atomic E-state index is 0.397. The van der Waals surface area contributed by atoms with Crippen LogP contribution in [0.2, 0.25) is 5.15 Å². The highest BCUT2D eigenvalue weighted by Crippen LogP contribution is 2.19. The van der Waals surface area contributed by atoms with Crippen LogP contribution in [0.15, 0.2) is 18.3 Å². The minimum Gasteiger partial charge on any atom is -0.388 e. The van der Waals surface area contributed by atoms with Gasteiger partial charge in [0.25, 0.3) is 0 Å². The predicted molar refractivity (Wildman–Crippen MR) is 58.3 cm³/mol. The summed E-state index contributed by atoms with van der Waals surface area (Å²) < 4.78 is 0. The number of nitrogens with zero attached hydrogens (tertiary/aromatic N) is 1. The van der Waals surface area contributed by atoms with Crippen molar-refractivity contribution in [2.45, 2.75) is 38.7 Å². The normalized spacial score (nSPS) is 12.8. The summed E-state index contributed by atoms with van der Waals surface area (Å²) in [6, 6.07) is 3.53. The van der Waals surface area contributed by atoms with Crippen LogP contribution in [0.4, 0.5) is 0 Å². The minimum atomic E-state index is -0.397. The molecule has 0 saturated heterocycles. The smallest absolute Gasteiger partial charge is 0.129 e. The maximum Gasteiger partial charge on any atom is 0.129 e. The topological polar surface area (TPSA) is 33.1 Å². The fourth-order valence-corrected chi connectivity index (χ4v) is 1.45. The van der Waals surface area contributed by atoms with Crippen molar-refractivity contribution in [1.82, 2.24) is 4.98 Å². The van der Waals surface area contributed by atoms with E-state index in [0.29, 0.717) is 5.15 Å². The number of rotatable bonds is 5. The van der Waals surface area contributed by atoms with Gasteiger partial charge in [0, 0.05) is 6.20 Å². The maximum atomic E-state index is 9.75. The van der Waals surface area contributed by atoms with Crippen molar-refractivity contribution in [2.75, 3.05) is 0 Å². The molecule has 1 aromatic heterocycles. The Labute approximate surface area is 89.9 Å². The molecule has 0 radical (unpaired) electrons. The van der Waals surface area contributed by atoms with Crippen LogP contribution in [0, 0.1) is 0 Å². The third-order valence-corrected chi connectivity index (χ3v) is 2.44. The number of halogens is 1. The molecular weight excluding hydrogens is 198 g/mol. The van der Waals surface area contributed by atoms with E-state index in [-0.39, 0.29) is 0 Å². The van der Waals surface area contributed by atoms with Gasteiger partial charge < -0.3 is 5.11 Å². The molecule has 2 nitrogen and oxygen atoms in total. The Bertz CT molecular complexity index is 260. The third kappa shape index (κ3) is 3.64. The zero-order valence-electron chi connectivity index (χ0n) is 8.41. The Balaban J connectivity index is 2.43. The molecule has 1 N–H and O–H groups in total. The second-order valence-corrected chi connectivity index (χ2v) is 3.81. The number of aromatic nitrogens is 1. The molecule has 0 saturated carbocycles. The van der Waals surface area contributed by atoms with Crippen LogP contribution in [0.5, 0.6) is 0 Å². The molecule has 14 heavy (non-hydrogen) atoms. The summed E-state index contributed by atoms with van der Waals surface area (Å²) in [6.45, 7) is 2.15. The number of hydrogen-bond acceptors (Lipinski definition) is 2. The van der Waals surface area contributed by atoms with E-state index < -0.39 is 6.10 Å². The summed E-state index contributed by atoms with van der Waals surface area (Å²) in [5.74, 6) is 0. The van der Waals surface area contributed by atoms with Gasteiger partial charge in [-0.3, -0.25) is 0 Å². The second kappa shape index (κ2) is 5.99. The molecule has 1 aromatic rings. The first-order valence-corrected chi connectivity index (χ1v) is 5.41. The predicted octanol–water partition coefficient (Wildman–Crippen LogP) is 3.35. The largest absolute Gasteiger partial charge is 0.388 e. The Morgan fingerprint density at radius 1 is 1.43 bits per heavy atom. The number of aliphatic hydroxyl groups excluding tert-OH is 1. The first kappa shape index (κ1) is 11.5. The maximum absolute atomic E-state index is 9.75. The standard InChI is InChI=1S/C11H16ClNO/c1-2-3-4-5-10(14)9-6-7-11(12)13-8-9/h6-8,10,14H,2-5H2,1H3. The SMILES string of the molecule is CCCCCC(O)c1ccc(Cl)nc1. The summed E-state index contributed by atoms with van der Waals surface area (Å²) >= 11 is 5.65. The van der Waals surface area contributed by atoms with Crippen molar-refractivity contribution in [3.63, 3.8) is 0 Å². The van der Waals surface area contributed by atoms with E-state index >= 15 is 0 Å². The lowest BCUT2D eigenvalue weighted by Gasteiger charge is -2.09. The Hall–Kier alpha value is -0.600. The summed E-state index contributed by atoms with van der Waals surface area (Å²) in [5.41, 5.74) is 0.852. The molecule has 1 atom stereocenters. The van der Waals surface area contributed by atoms with E-state index in [9.17, 15) is 5.11 Å². The lowest BCUT2D eigenvalue weighted by molar-refractivity contribution is 0.163. The van der Waals surface area contributed by atoms with Crippen LogP contribution in [0.1, 0.15) is 44.3 Å². The van der Waals surface area contributed by atoms with Crippen molar-refractivity contribution in [2.24, 2.45) is 0 Å². The van der Waals surface area contributed by atoms with Crippen molar-refractivity contribution < 1.29 is 5.11 Å². The first-order chi connectivity index (χ1) is 6.74. The fourth-order valence-electron chi connectivity index (χ4n) is 1.34. The molecule has 78 valence electrons. The summed E-state index contributed by atoms with van der Waals surface area (Å²) in [4.78, 5) is 3.93. The van der Waals surface area contributed by atoms with Gasteiger partial charge in [-0.15, -0.1) is 0 Å². The van der Waals surface area contributed by atoms with E-state index in [0.717, 1.165) is 24.8 Å². The quantitative estimate of drug-likeness (QED) is 0.601. The van der Waals surface area contributed by atoms with E-state index in [1.807, 2.05) is 6.07 Å². The Morgan fingerprint density at radius 3 is 2.79 bits per heavy atom. The van der Waals surface area contributed by atoms with Gasteiger partial charge in [0.1, 0.15) is 5.15 Å².